The average molecular weight is 127 g/mol. The summed E-state index contributed by atoms with van der Waals surface area (Å²) < 4.78 is 11.9. The zero-order chi connectivity index (χ0) is 6.69. The lowest BCUT2D eigenvalue weighted by molar-refractivity contribution is 0.213. The zero-order valence-electron chi connectivity index (χ0n) is 5.31. The van der Waals surface area contributed by atoms with Gasteiger partial charge in [-0.25, -0.2) is 4.39 Å². The number of rotatable bonds is 2. The predicted octanol–water partition coefficient (Wildman–Crippen LogP) is 1.90. The molecular weight excluding hydrogens is 117 g/mol. The van der Waals surface area contributed by atoms with Crippen LogP contribution in [0.1, 0.15) is 19.3 Å². The third kappa shape index (κ3) is 1.21. The van der Waals surface area contributed by atoms with Crippen LogP contribution in [-0.2, 0) is 0 Å². The van der Waals surface area contributed by atoms with Gasteiger partial charge in [-0.05, 0) is 18.8 Å². The Hall–Kier alpha value is -0.580. The molecule has 9 heavy (non-hydrogen) atoms. The number of alkyl halides is 1. The van der Waals surface area contributed by atoms with E-state index in [-0.39, 0.29) is 5.92 Å². The number of nitriles is 1. The van der Waals surface area contributed by atoms with Crippen LogP contribution in [0, 0.1) is 23.2 Å². The minimum atomic E-state index is -0.457. The molecule has 0 radical (unpaired) electrons. The smallest absolute Gasteiger partial charge is 0.105 e. The number of nitrogens with zero attached hydrogens (tertiary/aromatic N) is 1. The van der Waals surface area contributed by atoms with Gasteiger partial charge in [0.15, 0.2) is 0 Å². The number of halogens is 1. The fourth-order valence-corrected chi connectivity index (χ4v) is 1.11. The molecule has 2 heteroatoms. The van der Waals surface area contributed by atoms with Gasteiger partial charge in [0.05, 0.1) is 12.0 Å². The van der Waals surface area contributed by atoms with E-state index in [1.165, 1.54) is 6.42 Å². The first kappa shape index (κ1) is 6.54. The highest BCUT2D eigenvalue weighted by Crippen LogP contribution is 2.33. The fourth-order valence-electron chi connectivity index (χ4n) is 1.11. The van der Waals surface area contributed by atoms with Gasteiger partial charge in [0, 0.05) is 0 Å². The van der Waals surface area contributed by atoms with E-state index in [9.17, 15) is 4.39 Å². The Morgan fingerprint density at radius 3 is 2.44 bits per heavy atom. The average Bonchev–Trinajstić information content (AvgIpc) is 1.78. The van der Waals surface area contributed by atoms with Crippen molar-refractivity contribution < 1.29 is 4.39 Å². The minimum Gasteiger partial charge on any atom is -0.250 e. The van der Waals surface area contributed by atoms with E-state index >= 15 is 0 Å². The van der Waals surface area contributed by atoms with Crippen molar-refractivity contribution in [1.82, 2.24) is 0 Å². The molecule has 0 spiro atoms. The molecule has 1 atom stereocenters. The van der Waals surface area contributed by atoms with Crippen LogP contribution in [0.25, 0.3) is 0 Å². The van der Waals surface area contributed by atoms with Crippen molar-refractivity contribution >= 4 is 0 Å². The summed E-state index contributed by atoms with van der Waals surface area (Å²) in [5, 5.41) is 8.37. The molecule has 50 valence electrons. The SMILES string of the molecule is N#CC(CF)C1CCC1. The Balaban J connectivity index is 2.30. The maximum Gasteiger partial charge on any atom is 0.105 e. The standard InChI is InChI=1S/C7H10FN/c8-4-7(5-9)6-2-1-3-6/h6-7H,1-4H2. The van der Waals surface area contributed by atoms with E-state index in [0.717, 1.165) is 12.8 Å². The second-order valence-electron chi connectivity index (χ2n) is 2.58. The molecule has 1 nitrogen and oxygen atoms in total. The van der Waals surface area contributed by atoms with Crippen molar-refractivity contribution in [3.63, 3.8) is 0 Å². The lowest BCUT2D eigenvalue weighted by Crippen LogP contribution is -2.21. The molecule has 0 heterocycles. The van der Waals surface area contributed by atoms with Crippen LogP contribution in [0.3, 0.4) is 0 Å². The molecule has 1 fully saturated rings. The highest BCUT2D eigenvalue weighted by molar-refractivity contribution is 4.91. The maximum absolute atomic E-state index is 11.9. The fraction of sp³-hybridized carbons (Fsp3) is 0.857. The Morgan fingerprint density at radius 1 is 1.67 bits per heavy atom. The molecule has 1 aliphatic rings. The van der Waals surface area contributed by atoms with Gasteiger partial charge in [0.25, 0.3) is 0 Å². The van der Waals surface area contributed by atoms with Gasteiger partial charge in [-0.2, -0.15) is 5.26 Å². The van der Waals surface area contributed by atoms with Crippen LogP contribution in [0.5, 0.6) is 0 Å². The molecule has 1 unspecified atom stereocenters. The summed E-state index contributed by atoms with van der Waals surface area (Å²) in [5.74, 6) is 0.0683. The van der Waals surface area contributed by atoms with Gasteiger partial charge < -0.3 is 0 Å². The maximum atomic E-state index is 11.9. The topological polar surface area (TPSA) is 23.8 Å². The quantitative estimate of drug-likeness (QED) is 0.555. The highest BCUT2D eigenvalue weighted by atomic mass is 19.1. The summed E-state index contributed by atoms with van der Waals surface area (Å²) in [6, 6.07) is 1.98. The van der Waals surface area contributed by atoms with Crippen molar-refractivity contribution in [1.29, 1.82) is 5.26 Å². The summed E-state index contributed by atoms with van der Waals surface area (Å²) in [6.45, 7) is -0.457. The van der Waals surface area contributed by atoms with Crippen LogP contribution in [0.15, 0.2) is 0 Å². The van der Waals surface area contributed by atoms with Gasteiger partial charge in [-0.1, -0.05) is 6.42 Å². The normalized spacial score (nSPS) is 22.2. The second-order valence-corrected chi connectivity index (χ2v) is 2.58. The molecule has 0 aromatic heterocycles. The van der Waals surface area contributed by atoms with Crippen LogP contribution in [-0.4, -0.2) is 6.67 Å². The summed E-state index contributed by atoms with van der Waals surface area (Å²) in [4.78, 5) is 0. The van der Waals surface area contributed by atoms with Crippen molar-refractivity contribution in [2.45, 2.75) is 19.3 Å². The van der Waals surface area contributed by atoms with Crippen LogP contribution >= 0.6 is 0 Å². The van der Waals surface area contributed by atoms with Gasteiger partial charge >= 0.3 is 0 Å². The Bertz CT molecular complexity index is 123. The summed E-state index contributed by atoms with van der Waals surface area (Å²) in [6.07, 6.45) is 3.30. The molecule has 1 saturated carbocycles. The van der Waals surface area contributed by atoms with E-state index in [0.29, 0.717) is 5.92 Å². The van der Waals surface area contributed by atoms with Crippen LogP contribution < -0.4 is 0 Å². The Labute approximate surface area is 54.5 Å². The molecule has 0 saturated heterocycles. The number of hydrogen-bond donors (Lipinski definition) is 0. The van der Waals surface area contributed by atoms with Crippen molar-refractivity contribution in [2.24, 2.45) is 11.8 Å². The van der Waals surface area contributed by atoms with E-state index in [1.54, 1.807) is 0 Å². The number of hydrogen-bond acceptors (Lipinski definition) is 1. The van der Waals surface area contributed by atoms with E-state index in [4.69, 9.17) is 5.26 Å². The Kier molecular flexibility index (Phi) is 2.05. The molecule has 0 N–H and O–H groups in total. The summed E-state index contributed by atoms with van der Waals surface area (Å²) in [7, 11) is 0. The van der Waals surface area contributed by atoms with E-state index in [1.807, 2.05) is 6.07 Å². The molecule has 0 amide bonds. The Morgan fingerprint density at radius 2 is 2.33 bits per heavy atom. The molecule has 0 aliphatic heterocycles. The third-order valence-electron chi connectivity index (χ3n) is 2.05. The molecule has 0 aromatic rings. The first-order valence-corrected chi connectivity index (χ1v) is 3.34. The largest absolute Gasteiger partial charge is 0.250 e. The lowest BCUT2D eigenvalue weighted by atomic mass is 9.77. The molecule has 1 rings (SSSR count). The van der Waals surface area contributed by atoms with Gasteiger partial charge in [-0.15, -0.1) is 0 Å². The van der Waals surface area contributed by atoms with Gasteiger partial charge in [0.2, 0.25) is 0 Å². The highest BCUT2D eigenvalue weighted by Gasteiger charge is 2.26. The lowest BCUT2D eigenvalue weighted by Gasteiger charge is -2.27. The van der Waals surface area contributed by atoms with E-state index < -0.39 is 6.67 Å². The van der Waals surface area contributed by atoms with Crippen molar-refractivity contribution in [3.8, 4) is 6.07 Å². The molecule has 0 bridgehead atoms. The third-order valence-corrected chi connectivity index (χ3v) is 2.05. The van der Waals surface area contributed by atoms with E-state index in [2.05, 4.69) is 0 Å². The molecule has 1 aliphatic carbocycles. The van der Waals surface area contributed by atoms with Gasteiger partial charge in [0.1, 0.15) is 6.67 Å². The van der Waals surface area contributed by atoms with Crippen molar-refractivity contribution in [3.05, 3.63) is 0 Å². The van der Waals surface area contributed by atoms with Crippen LogP contribution in [0.2, 0.25) is 0 Å². The first-order valence-electron chi connectivity index (χ1n) is 3.34. The molecule has 0 aromatic carbocycles. The van der Waals surface area contributed by atoms with Crippen LogP contribution in [0.4, 0.5) is 4.39 Å². The van der Waals surface area contributed by atoms with Gasteiger partial charge in [-0.3, -0.25) is 0 Å². The summed E-state index contributed by atoms with van der Waals surface area (Å²) in [5.41, 5.74) is 0. The molecular formula is C7H10FN. The summed E-state index contributed by atoms with van der Waals surface area (Å²) >= 11 is 0. The first-order chi connectivity index (χ1) is 4.38. The van der Waals surface area contributed by atoms with Crippen molar-refractivity contribution in [2.75, 3.05) is 6.67 Å². The second kappa shape index (κ2) is 2.82. The monoisotopic (exact) mass is 127 g/mol. The zero-order valence-corrected chi connectivity index (χ0v) is 5.31. The minimum absolute atomic E-state index is 0.307. The predicted molar refractivity (Wildman–Crippen MR) is 32.4 cm³/mol.